The molecule has 0 aliphatic carbocycles. The molecule has 1 aliphatic rings. The largest absolute Gasteiger partial charge is 0.494 e. The summed E-state index contributed by atoms with van der Waals surface area (Å²) in [6.45, 7) is 1.18. The number of aromatic nitrogens is 1. The van der Waals surface area contributed by atoms with E-state index >= 15 is 0 Å². The van der Waals surface area contributed by atoms with Crippen molar-refractivity contribution in [2.45, 2.75) is 13.1 Å². The minimum Gasteiger partial charge on any atom is -0.494 e. The number of ether oxygens (including phenoxy) is 1. The molecule has 2 aromatic rings. The summed E-state index contributed by atoms with van der Waals surface area (Å²) in [5.74, 6) is 0.0311. The fraction of sp³-hybridized carbons (Fsp3) is 0.214. The number of hydrazine groups is 1. The Morgan fingerprint density at radius 3 is 2.74 bits per heavy atom. The lowest BCUT2D eigenvalue weighted by Crippen LogP contribution is -2.23. The molecule has 0 unspecified atom stereocenters. The normalized spacial score (nSPS) is 14.2. The quantitative estimate of drug-likeness (QED) is 0.919. The Hall–Kier alpha value is -2.14. The highest BCUT2D eigenvalue weighted by molar-refractivity contribution is 5.43. The molecule has 0 saturated heterocycles. The maximum absolute atomic E-state index is 14.1. The maximum atomic E-state index is 14.1. The van der Waals surface area contributed by atoms with E-state index in [-0.39, 0.29) is 5.82 Å². The van der Waals surface area contributed by atoms with Crippen LogP contribution in [0.25, 0.3) is 0 Å². The predicted octanol–water partition coefficient (Wildman–Crippen LogP) is 2.57. The summed E-state index contributed by atoms with van der Waals surface area (Å²) < 4.78 is 19.1. The van der Waals surface area contributed by atoms with E-state index in [4.69, 9.17) is 4.74 Å². The van der Waals surface area contributed by atoms with Crippen molar-refractivity contribution in [2.75, 3.05) is 12.5 Å². The van der Waals surface area contributed by atoms with Gasteiger partial charge >= 0.3 is 0 Å². The monoisotopic (exact) mass is 259 g/mol. The minimum absolute atomic E-state index is 0.265. The Labute approximate surface area is 110 Å². The molecule has 5 heteroatoms. The molecule has 3 rings (SSSR count). The summed E-state index contributed by atoms with van der Waals surface area (Å²) in [7, 11) is 1.48. The molecular weight excluding hydrogens is 245 g/mol. The van der Waals surface area contributed by atoms with Gasteiger partial charge in [-0.25, -0.2) is 9.40 Å². The molecule has 0 bridgehead atoms. The lowest BCUT2D eigenvalue weighted by Gasteiger charge is -2.17. The number of halogens is 1. The van der Waals surface area contributed by atoms with Gasteiger partial charge in [-0.05, 0) is 23.8 Å². The average Bonchev–Trinajstić information content (AvgIpc) is 2.84. The van der Waals surface area contributed by atoms with E-state index in [1.165, 1.54) is 7.11 Å². The molecule has 0 fully saturated rings. The van der Waals surface area contributed by atoms with Gasteiger partial charge in [0.2, 0.25) is 0 Å². The van der Waals surface area contributed by atoms with Crippen LogP contribution in [0.5, 0.6) is 5.75 Å². The fourth-order valence-electron chi connectivity index (χ4n) is 2.26. The Morgan fingerprint density at radius 1 is 1.21 bits per heavy atom. The number of rotatable bonds is 3. The molecule has 1 aliphatic heterocycles. The average molecular weight is 259 g/mol. The Bertz CT molecular complexity index is 589. The van der Waals surface area contributed by atoms with Crippen molar-refractivity contribution in [2.24, 2.45) is 0 Å². The van der Waals surface area contributed by atoms with Crippen molar-refractivity contribution in [1.29, 1.82) is 0 Å². The van der Waals surface area contributed by atoms with E-state index < -0.39 is 0 Å². The highest BCUT2D eigenvalue weighted by Crippen LogP contribution is 2.30. The SMILES string of the molecule is COc1ccc2c(c1F)CN(Nc1ccncc1)C2. The third-order valence-corrected chi connectivity index (χ3v) is 3.20. The number of benzene rings is 1. The molecule has 1 N–H and O–H groups in total. The van der Waals surface area contributed by atoms with Crippen LogP contribution in [0.15, 0.2) is 36.7 Å². The van der Waals surface area contributed by atoms with Gasteiger partial charge in [-0.15, -0.1) is 0 Å². The van der Waals surface area contributed by atoms with Crippen LogP contribution >= 0.6 is 0 Å². The van der Waals surface area contributed by atoms with E-state index in [0.717, 1.165) is 11.3 Å². The second-order valence-electron chi connectivity index (χ2n) is 4.42. The van der Waals surface area contributed by atoms with Gasteiger partial charge in [-0.2, -0.15) is 0 Å². The third-order valence-electron chi connectivity index (χ3n) is 3.20. The minimum atomic E-state index is -0.265. The van der Waals surface area contributed by atoms with Crippen molar-refractivity contribution >= 4 is 5.69 Å². The summed E-state index contributed by atoms with van der Waals surface area (Å²) in [6, 6.07) is 7.33. The Balaban J connectivity index is 1.79. The first-order chi connectivity index (χ1) is 9.28. The zero-order valence-corrected chi connectivity index (χ0v) is 10.6. The summed E-state index contributed by atoms with van der Waals surface area (Å²) >= 11 is 0. The van der Waals surface area contributed by atoms with Crippen LogP contribution in [-0.2, 0) is 13.1 Å². The van der Waals surface area contributed by atoms with Gasteiger partial charge in [-0.1, -0.05) is 6.07 Å². The van der Waals surface area contributed by atoms with E-state index in [2.05, 4.69) is 10.4 Å². The van der Waals surface area contributed by atoms with Crippen LogP contribution in [-0.4, -0.2) is 17.1 Å². The lowest BCUT2D eigenvalue weighted by atomic mass is 10.1. The van der Waals surface area contributed by atoms with Gasteiger partial charge in [0.15, 0.2) is 11.6 Å². The number of hydrogen-bond acceptors (Lipinski definition) is 4. The van der Waals surface area contributed by atoms with Gasteiger partial charge in [0.25, 0.3) is 0 Å². The highest BCUT2D eigenvalue weighted by atomic mass is 19.1. The van der Waals surface area contributed by atoms with E-state index in [0.29, 0.717) is 24.4 Å². The second kappa shape index (κ2) is 4.85. The van der Waals surface area contributed by atoms with Crippen LogP contribution in [0.2, 0.25) is 0 Å². The summed E-state index contributed by atoms with van der Waals surface area (Å²) in [5.41, 5.74) is 5.86. The molecule has 0 amide bonds. The number of fused-ring (bicyclic) bond motifs is 1. The molecule has 0 saturated carbocycles. The van der Waals surface area contributed by atoms with Crippen molar-refractivity contribution < 1.29 is 9.13 Å². The number of anilines is 1. The first-order valence-corrected chi connectivity index (χ1v) is 6.04. The molecule has 4 nitrogen and oxygen atoms in total. The molecule has 1 aromatic heterocycles. The van der Waals surface area contributed by atoms with E-state index in [9.17, 15) is 4.39 Å². The molecule has 2 heterocycles. The lowest BCUT2D eigenvalue weighted by molar-refractivity contribution is 0.341. The van der Waals surface area contributed by atoms with E-state index in [1.54, 1.807) is 18.5 Å². The molecule has 0 radical (unpaired) electrons. The third kappa shape index (κ3) is 2.24. The Kier molecular flexibility index (Phi) is 3.05. The van der Waals surface area contributed by atoms with Gasteiger partial charge in [0.05, 0.1) is 12.8 Å². The molecular formula is C14H14FN3O. The van der Waals surface area contributed by atoms with Crippen molar-refractivity contribution in [3.05, 3.63) is 53.6 Å². The number of hydrogen-bond donors (Lipinski definition) is 1. The summed E-state index contributed by atoms with van der Waals surface area (Å²) in [4.78, 5) is 3.96. The smallest absolute Gasteiger partial charge is 0.169 e. The topological polar surface area (TPSA) is 37.4 Å². The molecule has 1 aromatic carbocycles. The predicted molar refractivity (Wildman–Crippen MR) is 70.1 cm³/mol. The maximum Gasteiger partial charge on any atom is 0.169 e. The molecule has 0 spiro atoms. The summed E-state index contributed by atoms with van der Waals surface area (Å²) in [5, 5.41) is 1.96. The number of nitrogens with one attached hydrogen (secondary N) is 1. The van der Waals surface area contributed by atoms with Crippen molar-refractivity contribution in [3.63, 3.8) is 0 Å². The number of nitrogens with zero attached hydrogens (tertiary/aromatic N) is 2. The molecule has 0 atom stereocenters. The highest BCUT2D eigenvalue weighted by Gasteiger charge is 2.24. The standard InChI is InChI=1S/C14H14FN3O/c1-19-13-3-2-10-8-18(9-12(10)14(13)15)17-11-4-6-16-7-5-11/h2-7H,8-9H2,1H3,(H,16,17). The van der Waals surface area contributed by atoms with Crippen LogP contribution in [0.4, 0.5) is 10.1 Å². The van der Waals surface area contributed by atoms with Crippen LogP contribution in [0.1, 0.15) is 11.1 Å². The molecule has 19 heavy (non-hydrogen) atoms. The number of methoxy groups -OCH3 is 1. The van der Waals surface area contributed by atoms with Gasteiger partial charge in [-0.3, -0.25) is 4.98 Å². The van der Waals surface area contributed by atoms with Crippen LogP contribution in [0, 0.1) is 5.82 Å². The Morgan fingerprint density at radius 2 is 2.00 bits per heavy atom. The fourth-order valence-corrected chi connectivity index (χ4v) is 2.26. The zero-order valence-electron chi connectivity index (χ0n) is 10.6. The van der Waals surface area contributed by atoms with Gasteiger partial charge < -0.3 is 10.2 Å². The van der Waals surface area contributed by atoms with Crippen LogP contribution < -0.4 is 10.2 Å². The number of pyridine rings is 1. The molecule has 98 valence electrons. The van der Waals surface area contributed by atoms with Gasteiger partial charge in [0, 0.05) is 31.0 Å². The zero-order chi connectivity index (χ0) is 13.2. The van der Waals surface area contributed by atoms with Gasteiger partial charge in [0.1, 0.15) is 0 Å². The first-order valence-electron chi connectivity index (χ1n) is 6.04. The van der Waals surface area contributed by atoms with Crippen molar-refractivity contribution in [1.82, 2.24) is 9.99 Å². The first kappa shape index (κ1) is 11.9. The van der Waals surface area contributed by atoms with E-state index in [1.807, 2.05) is 23.2 Å². The van der Waals surface area contributed by atoms with Crippen LogP contribution in [0.3, 0.4) is 0 Å². The summed E-state index contributed by atoms with van der Waals surface area (Å²) in [6.07, 6.45) is 3.43. The second-order valence-corrected chi connectivity index (χ2v) is 4.42. The van der Waals surface area contributed by atoms with Crippen molar-refractivity contribution in [3.8, 4) is 5.75 Å².